The highest BCUT2D eigenvalue weighted by Crippen LogP contribution is 2.22. The minimum absolute atomic E-state index is 0.287. The predicted octanol–water partition coefficient (Wildman–Crippen LogP) is 4.21. The molecule has 2 N–H and O–H groups in total. The Morgan fingerprint density at radius 1 is 1.11 bits per heavy atom. The zero-order valence-corrected chi connectivity index (χ0v) is 10.7. The van der Waals surface area contributed by atoms with Crippen molar-refractivity contribution < 1.29 is 4.39 Å². The van der Waals surface area contributed by atoms with Crippen LogP contribution in [0.2, 0.25) is 0 Å². The Hall–Kier alpha value is -1.74. The van der Waals surface area contributed by atoms with E-state index >= 15 is 0 Å². The van der Waals surface area contributed by atoms with Crippen LogP contribution in [0.3, 0.4) is 0 Å². The van der Waals surface area contributed by atoms with Crippen molar-refractivity contribution in [3.05, 3.63) is 66.0 Å². The SMILES string of the molecule is Nc1cc(F)cc(SCC=Cc2ccccc2)c1. The van der Waals surface area contributed by atoms with E-state index in [0.717, 1.165) is 16.2 Å². The summed E-state index contributed by atoms with van der Waals surface area (Å²) in [6, 6.07) is 14.7. The number of nitrogen functional groups attached to an aromatic ring is 1. The van der Waals surface area contributed by atoms with E-state index < -0.39 is 0 Å². The number of hydrogen-bond acceptors (Lipinski definition) is 2. The monoisotopic (exact) mass is 259 g/mol. The van der Waals surface area contributed by atoms with Gasteiger partial charge in [0.15, 0.2) is 0 Å². The fourth-order valence-electron chi connectivity index (χ4n) is 1.56. The summed E-state index contributed by atoms with van der Waals surface area (Å²) in [6.45, 7) is 0. The molecule has 0 aromatic heterocycles. The van der Waals surface area contributed by atoms with Crippen molar-refractivity contribution in [3.63, 3.8) is 0 Å². The van der Waals surface area contributed by atoms with E-state index in [9.17, 15) is 4.39 Å². The molecule has 2 rings (SSSR count). The van der Waals surface area contributed by atoms with Crippen LogP contribution in [-0.4, -0.2) is 5.75 Å². The van der Waals surface area contributed by atoms with Gasteiger partial charge in [0.2, 0.25) is 0 Å². The molecule has 18 heavy (non-hydrogen) atoms. The molecule has 0 unspecified atom stereocenters. The van der Waals surface area contributed by atoms with E-state index in [2.05, 4.69) is 12.2 Å². The number of hydrogen-bond donors (Lipinski definition) is 1. The van der Waals surface area contributed by atoms with Crippen LogP contribution in [0.1, 0.15) is 5.56 Å². The molecule has 0 bridgehead atoms. The van der Waals surface area contributed by atoms with Crippen LogP contribution >= 0.6 is 11.8 Å². The molecule has 0 spiro atoms. The van der Waals surface area contributed by atoms with Crippen molar-refractivity contribution >= 4 is 23.5 Å². The van der Waals surface area contributed by atoms with E-state index in [1.165, 1.54) is 12.1 Å². The molecular formula is C15H14FNS. The summed E-state index contributed by atoms with van der Waals surface area (Å²) in [7, 11) is 0. The maximum absolute atomic E-state index is 13.1. The summed E-state index contributed by atoms with van der Waals surface area (Å²) >= 11 is 1.56. The average Bonchev–Trinajstić information content (AvgIpc) is 2.35. The lowest BCUT2D eigenvalue weighted by Gasteiger charge is -2.00. The third-order valence-electron chi connectivity index (χ3n) is 2.35. The van der Waals surface area contributed by atoms with Gasteiger partial charge < -0.3 is 5.73 Å². The van der Waals surface area contributed by atoms with Crippen molar-refractivity contribution in [2.24, 2.45) is 0 Å². The first kappa shape index (κ1) is 12.7. The van der Waals surface area contributed by atoms with Gasteiger partial charge in [-0.3, -0.25) is 0 Å². The first-order chi connectivity index (χ1) is 8.74. The lowest BCUT2D eigenvalue weighted by molar-refractivity contribution is 0.625. The highest BCUT2D eigenvalue weighted by atomic mass is 32.2. The summed E-state index contributed by atoms with van der Waals surface area (Å²) in [6.07, 6.45) is 4.11. The molecule has 0 radical (unpaired) electrons. The summed E-state index contributed by atoms with van der Waals surface area (Å²) in [5.74, 6) is 0.502. The summed E-state index contributed by atoms with van der Waals surface area (Å²) < 4.78 is 13.1. The van der Waals surface area contributed by atoms with E-state index in [1.54, 1.807) is 17.8 Å². The van der Waals surface area contributed by atoms with Gasteiger partial charge in [0.1, 0.15) is 5.82 Å². The van der Waals surface area contributed by atoms with Crippen LogP contribution in [0.15, 0.2) is 59.5 Å². The fraction of sp³-hybridized carbons (Fsp3) is 0.0667. The number of nitrogens with two attached hydrogens (primary N) is 1. The number of benzene rings is 2. The summed E-state index contributed by atoms with van der Waals surface area (Å²) in [4.78, 5) is 0.852. The van der Waals surface area contributed by atoms with Crippen LogP contribution in [0.4, 0.5) is 10.1 Å². The van der Waals surface area contributed by atoms with Crippen molar-refractivity contribution in [2.75, 3.05) is 11.5 Å². The molecule has 3 heteroatoms. The van der Waals surface area contributed by atoms with E-state index in [4.69, 9.17) is 5.73 Å². The van der Waals surface area contributed by atoms with Crippen molar-refractivity contribution in [3.8, 4) is 0 Å². The Labute approximate surface area is 111 Å². The molecule has 0 fully saturated rings. The Morgan fingerprint density at radius 3 is 2.61 bits per heavy atom. The fourth-order valence-corrected chi connectivity index (χ4v) is 2.36. The van der Waals surface area contributed by atoms with E-state index in [-0.39, 0.29) is 5.82 Å². The van der Waals surface area contributed by atoms with Gasteiger partial charge in [-0.05, 0) is 23.8 Å². The molecular weight excluding hydrogens is 245 g/mol. The molecule has 0 saturated carbocycles. The zero-order valence-electron chi connectivity index (χ0n) is 9.84. The van der Waals surface area contributed by atoms with Crippen LogP contribution in [0, 0.1) is 5.82 Å². The standard InChI is InChI=1S/C15H14FNS/c16-13-9-14(17)11-15(10-13)18-8-4-7-12-5-2-1-3-6-12/h1-7,9-11H,8,17H2. The van der Waals surface area contributed by atoms with Gasteiger partial charge in [0.25, 0.3) is 0 Å². The molecule has 0 amide bonds. The summed E-state index contributed by atoms with van der Waals surface area (Å²) in [5, 5.41) is 0. The minimum atomic E-state index is -0.287. The highest BCUT2D eigenvalue weighted by molar-refractivity contribution is 7.99. The Kier molecular flexibility index (Phi) is 4.42. The lowest BCUT2D eigenvalue weighted by Crippen LogP contribution is -1.87. The van der Waals surface area contributed by atoms with Crippen LogP contribution in [0.25, 0.3) is 6.08 Å². The van der Waals surface area contributed by atoms with Crippen molar-refractivity contribution in [1.82, 2.24) is 0 Å². The molecule has 0 atom stereocenters. The molecule has 2 aromatic rings. The molecule has 0 aliphatic carbocycles. The van der Waals surface area contributed by atoms with Gasteiger partial charge in [-0.15, -0.1) is 11.8 Å². The lowest BCUT2D eigenvalue weighted by atomic mass is 10.2. The first-order valence-electron chi connectivity index (χ1n) is 5.64. The van der Waals surface area contributed by atoms with Gasteiger partial charge in [0.05, 0.1) is 0 Å². The van der Waals surface area contributed by atoms with Crippen molar-refractivity contribution in [1.29, 1.82) is 0 Å². The Morgan fingerprint density at radius 2 is 1.89 bits per heavy atom. The van der Waals surface area contributed by atoms with Crippen LogP contribution < -0.4 is 5.73 Å². The van der Waals surface area contributed by atoms with Crippen molar-refractivity contribution in [2.45, 2.75) is 4.90 Å². The second-order valence-electron chi connectivity index (χ2n) is 3.84. The van der Waals surface area contributed by atoms with Gasteiger partial charge in [0, 0.05) is 16.3 Å². The second kappa shape index (κ2) is 6.26. The van der Waals surface area contributed by atoms with Gasteiger partial charge in [-0.25, -0.2) is 4.39 Å². The molecule has 0 saturated heterocycles. The number of halogens is 1. The molecule has 0 heterocycles. The zero-order chi connectivity index (χ0) is 12.8. The average molecular weight is 259 g/mol. The first-order valence-corrected chi connectivity index (χ1v) is 6.63. The Bertz CT molecular complexity index is 517. The quantitative estimate of drug-likeness (QED) is 0.657. The second-order valence-corrected chi connectivity index (χ2v) is 4.94. The van der Waals surface area contributed by atoms with Crippen LogP contribution in [-0.2, 0) is 0 Å². The summed E-state index contributed by atoms with van der Waals surface area (Å²) in [5.41, 5.74) is 7.21. The predicted molar refractivity (Wildman–Crippen MR) is 77.0 cm³/mol. The Balaban J connectivity index is 1.90. The number of anilines is 1. The van der Waals surface area contributed by atoms with Gasteiger partial charge in [-0.2, -0.15) is 0 Å². The molecule has 1 nitrogen and oxygen atoms in total. The third-order valence-corrected chi connectivity index (χ3v) is 3.28. The smallest absolute Gasteiger partial charge is 0.126 e. The molecule has 0 aliphatic rings. The molecule has 92 valence electrons. The van der Waals surface area contributed by atoms with E-state index in [0.29, 0.717) is 5.69 Å². The normalized spacial score (nSPS) is 10.9. The molecule has 2 aromatic carbocycles. The number of thioether (sulfide) groups is 1. The topological polar surface area (TPSA) is 26.0 Å². The number of rotatable bonds is 4. The highest BCUT2D eigenvalue weighted by Gasteiger charge is 1.97. The minimum Gasteiger partial charge on any atom is -0.399 e. The maximum atomic E-state index is 13.1. The van der Waals surface area contributed by atoms with Gasteiger partial charge >= 0.3 is 0 Å². The van der Waals surface area contributed by atoms with Crippen LogP contribution in [0.5, 0.6) is 0 Å². The largest absolute Gasteiger partial charge is 0.399 e. The molecule has 0 aliphatic heterocycles. The third kappa shape index (κ3) is 3.93. The maximum Gasteiger partial charge on any atom is 0.126 e. The van der Waals surface area contributed by atoms with Gasteiger partial charge in [-0.1, -0.05) is 42.5 Å². The van der Waals surface area contributed by atoms with E-state index in [1.807, 2.05) is 30.3 Å².